The third kappa shape index (κ3) is 2.09. The van der Waals surface area contributed by atoms with Crippen molar-refractivity contribution in [3.8, 4) is 5.88 Å². The van der Waals surface area contributed by atoms with Gasteiger partial charge in [-0.05, 0) is 23.8 Å². The summed E-state index contributed by atoms with van der Waals surface area (Å²) in [5.74, 6) is 0.184. The second-order valence-corrected chi connectivity index (χ2v) is 6.52. The van der Waals surface area contributed by atoms with E-state index >= 15 is 0 Å². The van der Waals surface area contributed by atoms with Gasteiger partial charge < -0.3 is 9.72 Å². The quantitative estimate of drug-likeness (QED) is 0.733. The van der Waals surface area contributed by atoms with E-state index in [9.17, 15) is 4.79 Å². The summed E-state index contributed by atoms with van der Waals surface area (Å²) >= 11 is 1.57. The number of hydrogen-bond acceptors (Lipinski definition) is 4. The lowest BCUT2D eigenvalue weighted by molar-refractivity contribution is -0.134. The van der Waals surface area contributed by atoms with Gasteiger partial charge >= 0.3 is 5.97 Å². The maximum absolute atomic E-state index is 12.5. The molecule has 5 heteroatoms. The van der Waals surface area contributed by atoms with Crippen molar-refractivity contribution in [1.82, 2.24) is 9.97 Å². The zero-order valence-electron chi connectivity index (χ0n) is 11.9. The average molecular weight is 310 g/mol. The van der Waals surface area contributed by atoms with Gasteiger partial charge in [-0.1, -0.05) is 19.1 Å². The molecule has 3 heterocycles. The molecule has 2 unspecified atom stereocenters. The van der Waals surface area contributed by atoms with Crippen LogP contribution in [0.3, 0.4) is 0 Å². The van der Waals surface area contributed by atoms with Gasteiger partial charge in [0.2, 0.25) is 5.88 Å². The van der Waals surface area contributed by atoms with Crippen LogP contribution >= 0.6 is 11.8 Å². The summed E-state index contributed by atoms with van der Waals surface area (Å²) < 4.78 is 5.43. The van der Waals surface area contributed by atoms with E-state index in [2.05, 4.69) is 29.0 Å². The molecule has 1 aliphatic rings. The van der Waals surface area contributed by atoms with E-state index < -0.39 is 0 Å². The molecule has 0 bridgehead atoms. The summed E-state index contributed by atoms with van der Waals surface area (Å²) in [5.41, 5.74) is 2.29. The monoisotopic (exact) mass is 310 g/mol. The fourth-order valence-electron chi connectivity index (χ4n) is 2.86. The van der Waals surface area contributed by atoms with Crippen molar-refractivity contribution >= 4 is 28.6 Å². The molecule has 22 heavy (non-hydrogen) atoms. The van der Waals surface area contributed by atoms with Crippen molar-refractivity contribution in [2.24, 2.45) is 0 Å². The van der Waals surface area contributed by atoms with E-state index in [0.717, 1.165) is 10.4 Å². The predicted octanol–water partition coefficient (Wildman–Crippen LogP) is 3.75. The molecule has 110 valence electrons. The Kier molecular flexibility index (Phi) is 3.15. The number of aromatic amines is 1. The van der Waals surface area contributed by atoms with Crippen LogP contribution in [-0.2, 0) is 4.79 Å². The molecule has 1 aromatic carbocycles. The number of benzene rings is 1. The highest BCUT2D eigenvalue weighted by Crippen LogP contribution is 2.46. The molecule has 0 fully saturated rings. The first-order valence-corrected chi connectivity index (χ1v) is 8.01. The normalized spacial score (nSPS) is 20.0. The van der Waals surface area contributed by atoms with Gasteiger partial charge in [0, 0.05) is 40.2 Å². The number of nitrogens with zero attached hydrogens (tertiary/aromatic N) is 1. The van der Waals surface area contributed by atoms with Crippen LogP contribution in [0.1, 0.15) is 18.4 Å². The number of esters is 1. The molecule has 3 aromatic rings. The topological polar surface area (TPSA) is 55.0 Å². The number of thioether (sulfide) groups is 1. The van der Waals surface area contributed by atoms with Gasteiger partial charge in [0.05, 0.1) is 0 Å². The summed E-state index contributed by atoms with van der Waals surface area (Å²) in [5, 5.41) is 0.956. The molecule has 0 saturated carbocycles. The lowest BCUT2D eigenvalue weighted by Crippen LogP contribution is -2.29. The molecular formula is C17H14N2O2S. The second kappa shape index (κ2) is 5.18. The predicted molar refractivity (Wildman–Crippen MR) is 86.2 cm³/mol. The van der Waals surface area contributed by atoms with Crippen molar-refractivity contribution < 1.29 is 9.53 Å². The lowest BCUT2D eigenvalue weighted by atomic mass is 9.96. The molecule has 0 aliphatic carbocycles. The first-order valence-electron chi connectivity index (χ1n) is 7.13. The number of rotatable bonds is 2. The van der Waals surface area contributed by atoms with E-state index in [1.165, 1.54) is 10.9 Å². The largest absolute Gasteiger partial charge is 0.407 e. The molecule has 0 saturated heterocycles. The number of aromatic nitrogens is 2. The van der Waals surface area contributed by atoms with Crippen LogP contribution in [0.2, 0.25) is 0 Å². The third-order valence-corrected chi connectivity index (χ3v) is 5.42. The van der Waals surface area contributed by atoms with Crippen LogP contribution in [0.5, 0.6) is 5.88 Å². The lowest BCUT2D eigenvalue weighted by Gasteiger charge is -2.26. The van der Waals surface area contributed by atoms with Crippen LogP contribution < -0.4 is 4.74 Å². The maximum Gasteiger partial charge on any atom is 0.326 e. The molecule has 4 nitrogen and oxygen atoms in total. The Hall–Kier alpha value is -2.27. The fraction of sp³-hybridized carbons (Fsp3) is 0.176. The smallest absolute Gasteiger partial charge is 0.326 e. The maximum atomic E-state index is 12.5. The summed E-state index contributed by atoms with van der Waals surface area (Å²) in [4.78, 5) is 21.0. The third-order valence-electron chi connectivity index (χ3n) is 3.97. The van der Waals surface area contributed by atoms with Crippen LogP contribution in [0.4, 0.5) is 0 Å². The fourth-order valence-corrected chi connectivity index (χ4v) is 4.13. The number of hydrogen-bond donors (Lipinski definition) is 1. The summed E-state index contributed by atoms with van der Waals surface area (Å²) in [7, 11) is 0. The van der Waals surface area contributed by atoms with Crippen LogP contribution in [0.25, 0.3) is 10.9 Å². The average Bonchev–Trinajstić information content (AvgIpc) is 2.97. The minimum Gasteiger partial charge on any atom is -0.407 e. The van der Waals surface area contributed by atoms with Gasteiger partial charge in [-0.25, -0.2) is 4.98 Å². The van der Waals surface area contributed by atoms with Crippen LogP contribution in [0.15, 0.2) is 53.7 Å². The van der Waals surface area contributed by atoms with E-state index in [4.69, 9.17) is 4.74 Å². The number of carbonyl (C=O) groups excluding carboxylic acids is 1. The Morgan fingerprint density at radius 2 is 2.18 bits per heavy atom. The van der Waals surface area contributed by atoms with Crippen molar-refractivity contribution in [3.05, 3.63) is 54.4 Å². The zero-order valence-corrected chi connectivity index (χ0v) is 12.8. The molecule has 0 spiro atoms. The van der Waals surface area contributed by atoms with Crippen LogP contribution in [-0.4, -0.2) is 21.2 Å². The highest BCUT2D eigenvalue weighted by molar-refractivity contribution is 8.01. The number of pyridine rings is 1. The Labute approximate surface area is 131 Å². The number of ether oxygens (including phenoxy) is 1. The highest BCUT2D eigenvalue weighted by Gasteiger charge is 2.35. The zero-order chi connectivity index (χ0) is 15.1. The first kappa shape index (κ1) is 13.4. The van der Waals surface area contributed by atoms with E-state index in [1.807, 2.05) is 12.3 Å². The van der Waals surface area contributed by atoms with Crippen molar-refractivity contribution in [2.75, 3.05) is 0 Å². The standard InChI is InChI=1S/C17H14N2O2S/c1-10-11-9-19-12-5-4-6-13(15(11)12)22-16(10)17(20)21-14-7-2-3-8-18-14/h2-10,16,19H,1H3. The minimum absolute atomic E-state index is 0.0878. The number of nitrogens with one attached hydrogen (secondary N) is 1. The van der Waals surface area contributed by atoms with Crippen LogP contribution in [0, 0.1) is 0 Å². The molecule has 2 aromatic heterocycles. The SMILES string of the molecule is CC1c2c[nH]c3cccc(c23)SC1C(=O)Oc1ccccn1. The molecule has 1 aliphatic heterocycles. The Morgan fingerprint density at radius 3 is 3.00 bits per heavy atom. The summed E-state index contributed by atoms with van der Waals surface area (Å²) in [6.45, 7) is 2.07. The first-order chi connectivity index (χ1) is 10.7. The molecule has 2 atom stereocenters. The Morgan fingerprint density at radius 1 is 1.27 bits per heavy atom. The van der Waals surface area contributed by atoms with E-state index in [-0.39, 0.29) is 17.1 Å². The number of carbonyl (C=O) groups is 1. The van der Waals surface area contributed by atoms with Gasteiger partial charge in [0.1, 0.15) is 5.25 Å². The van der Waals surface area contributed by atoms with Gasteiger partial charge in [0.25, 0.3) is 0 Å². The number of H-pyrrole nitrogens is 1. The van der Waals surface area contributed by atoms with Gasteiger partial charge in [-0.15, -0.1) is 11.8 Å². The van der Waals surface area contributed by atoms with Crippen molar-refractivity contribution in [2.45, 2.75) is 23.0 Å². The Bertz CT molecular complexity index is 844. The summed E-state index contributed by atoms with van der Waals surface area (Å²) in [6.07, 6.45) is 3.62. The van der Waals surface area contributed by atoms with Gasteiger partial charge in [-0.2, -0.15) is 0 Å². The van der Waals surface area contributed by atoms with Crippen molar-refractivity contribution in [3.63, 3.8) is 0 Å². The molecule has 0 radical (unpaired) electrons. The van der Waals surface area contributed by atoms with Gasteiger partial charge in [0.15, 0.2) is 0 Å². The van der Waals surface area contributed by atoms with Crippen molar-refractivity contribution in [1.29, 1.82) is 0 Å². The second-order valence-electron chi connectivity index (χ2n) is 5.34. The molecule has 1 N–H and O–H groups in total. The van der Waals surface area contributed by atoms with E-state index in [0.29, 0.717) is 5.88 Å². The highest BCUT2D eigenvalue weighted by atomic mass is 32.2. The van der Waals surface area contributed by atoms with Gasteiger partial charge in [-0.3, -0.25) is 4.79 Å². The summed E-state index contributed by atoms with van der Waals surface area (Å²) in [6, 6.07) is 11.4. The molecule has 0 amide bonds. The Balaban J connectivity index is 1.66. The molecule has 4 rings (SSSR count). The molecular weight excluding hydrogens is 296 g/mol. The minimum atomic E-state index is -0.268. The van der Waals surface area contributed by atoms with E-state index in [1.54, 1.807) is 36.2 Å².